The third kappa shape index (κ3) is 5.13. The van der Waals surface area contributed by atoms with E-state index in [0.717, 1.165) is 29.7 Å². The molecule has 0 aromatic heterocycles. The Morgan fingerprint density at radius 2 is 1.86 bits per heavy atom. The van der Waals surface area contributed by atoms with Crippen molar-refractivity contribution in [2.24, 2.45) is 5.92 Å². The number of piperidine rings is 1. The van der Waals surface area contributed by atoms with E-state index in [0.29, 0.717) is 19.4 Å². The Balaban J connectivity index is 1.61. The van der Waals surface area contributed by atoms with E-state index >= 15 is 0 Å². The second kappa shape index (κ2) is 9.54. The maximum atomic E-state index is 13.0. The average molecular weight is 398 g/mol. The Labute approximate surface area is 170 Å². The first-order chi connectivity index (χ1) is 14.0. The van der Waals surface area contributed by atoms with E-state index in [2.05, 4.69) is 5.32 Å². The smallest absolute Gasteiger partial charge is 0.225 e. The van der Waals surface area contributed by atoms with Gasteiger partial charge in [0.05, 0.1) is 19.1 Å². The number of methoxy groups -OCH3 is 1. The van der Waals surface area contributed by atoms with Gasteiger partial charge >= 0.3 is 0 Å². The van der Waals surface area contributed by atoms with E-state index < -0.39 is 0 Å². The fraction of sp³-hybridized carbons (Fsp3) is 0.391. The molecule has 3 rings (SSSR count). The highest BCUT2D eigenvalue weighted by atomic mass is 19.1. The molecule has 0 bridgehead atoms. The molecule has 29 heavy (non-hydrogen) atoms. The van der Waals surface area contributed by atoms with Crippen molar-refractivity contribution in [3.05, 3.63) is 65.5 Å². The molecule has 1 aliphatic rings. The van der Waals surface area contributed by atoms with Gasteiger partial charge in [0.15, 0.2) is 0 Å². The lowest BCUT2D eigenvalue weighted by Gasteiger charge is -2.38. The van der Waals surface area contributed by atoms with Gasteiger partial charge in [-0.05, 0) is 54.7 Å². The molecule has 2 aromatic carbocycles. The van der Waals surface area contributed by atoms with Crippen LogP contribution in [-0.2, 0) is 16.0 Å². The Bertz CT molecular complexity index is 836. The highest BCUT2D eigenvalue weighted by Gasteiger charge is 2.38. The molecule has 2 aromatic rings. The number of benzene rings is 2. The molecule has 0 unspecified atom stereocenters. The SMILES string of the molecule is COc1ccc([C@H]2[C@@H](C(=O)NCCCc3ccc(F)cc3)CCC(=O)N2C)cc1. The molecular weight excluding hydrogens is 371 g/mol. The van der Waals surface area contributed by atoms with E-state index in [4.69, 9.17) is 4.74 Å². The minimum Gasteiger partial charge on any atom is -0.497 e. The van der Waals surface area contributed by atoms with Crippen LogP contribution in [0.25, 0.3) is 0 Å². The van der Waals surface area contributed by atoms with Crippen LogP contribution in [0.2, 0.25) is 0 Å². The molecule has 154 valence electrons. The summed E-state index contributed by atoms with van der Waals surface area (Å²) in [5, 5.41) is 3.02. The Hall–Kier alpha value is -2.89. The van der Waals surface area contributed by atoms with Gasteiger partial charge in [-0.15, -0.1) is 0 Å². The van der Waals surface area contributed by atoms with Gasteiger partial charge in [-0.25, -0.2) is 4.39 Å². The quantitative estimate of drug-likeness (QED) is 0.727. The summed E-state index contributed by atoms with van der Waals surface area (Å²) in [4.78, 5) is 26.8. The van der Waals surface area contributed by atoms with Crippen LogP contribution in [0.4, 0.5) is 4.39 Å². The molecule has 0 radical (unpaired) electrons. The van der Waals surface area contributed by atoms with Gasteiger partial charge in [0, 0.05) is 20.0 Å². The highest BCUT2D eigenvalue weighted by Crippen LogP contribution is 2.36. The number of halogens is 1. The fourth-order valence-corrected chi connectivity index (χ4v) is 3.86. The number of carbonyl (C=O) groups is 2. The van der Waals surface area contributed by atoms with Crippen molar-refractivity contribution in [2.45, 2.75) is 31.7 Å². The van der Waals surface area contributed by atoms with Crippen molar-refractivity contribution >= 4 is 11.8 Å². The summed E-state index contributed by atoms with van der Waals surface area (Å²) in [7, 11) is 3.36. The van der Waals surface area contributed by atoms with Crippen LogP contribution in [0, 0.1) is 11.7 Å². The highest BCUT2D eigenvalue weighted by molar-refractivity contribution is 5.84. The molecule has 1 aliphatic heterocycles. The number of nitrogens with zero attached hydrogens (tertiary/aromatic N) is 1. The second-order valence-corrected chi connectivity index (χ2v) is 7.39. The third-order valence-corrected chi connectivity index (χ3v) is 5.51. The van der Waals surface area contributed by atoms with E-state index in [9.17, 15) is 14.0 Å². The molecule has 5 nitrogen and oxygen atoms in total. The number of aryl methyl sites for hydroxylation is 1. The summed E-state index contributed by atoms with van der Waals surface area (Å²) in [6.07, 6.45) is 2.44. The summed E-state index contributed by atoms with van der Waals surface area (Å²) >= 11 is 0. The summed E-state index contributed by atoms with van der Waals surface area (Å²) in [5.41, 5.74) is 1.97. The van der Waals surface area contributed by atoms with Crippen LogP contribution < -0.4 is 10.1 Å². The van der Waals surface area contributed by atoms with E-state index in [1.54, 1.807) is 31.2 Å². The van der Waals surface area contributed by atoms with Gasteiger partial charge in [0.25, 0.3) is 0 Å². The number of carbonyl (C=O) groups excluding carboxylic acids is 2. The van der Waals surface area contributed by atoms with Gasteiger partial charge in [-0.1, -0.05) is 24.3 Å². The van der Waals surface area contributed by atoms with Gasteiger partial charge in [0.1, 0.15) is 11.6 Å². The van der Waals surface area contributed by atoms with Crippen LogP contribution in [-0.4, -0.2) is 37.4 Å². The summed E-state index contributed by atoms with van der Waals surface area (Å²) in [5.74, 6) is 0.204. The number of ether oxygens (including phenoxy) is 1. The fourth-order valence-electron chi connectivity index (χ4n) is 3.86. The molecule has 1 heterocycles. The van der Waals surface area contributed by atoms with Crippen molar-refractivity contribution in [3.8, 4) is 5.75 Å². The standard InChI is InChI=1S/C23H27FN2O3/c1-26-21(27)14-13-20(22(26)17-7-11-19(29-2)12-8-17)23(28)25-15-3-4-16-5-9-18(24)10-6-16/h5-12,20,22H,3-4,13-15H2,1-2H3,(H,25,28)/t20-,22-/m0/s1. The normalized spacial score (nSPS) is 19.1. The first kappa shape index (κ1) is 20.8. The lowest BCUT2D eigenvalue weighted by Crippen LogP contribution is -2.46. The zero-order valence-electron chi connectivity index (χ0n) is 16.9. The Kier molecular flexibility index (Phi) is 6.86. The van der Waals surface area contributed by atoms with Gasteiger partial charge < -0.3 is 15.0 Å². The van der Waals surface area contributed by atoms with Crippen molar-refractivity contribution in [2.75, 3.05) is 20.7 Å². The number of nitrogens with one attached hydrogen (secondary N) is 1. The molecule has 2 atom stereocenters. The molecule has 2 amide bonds. The van der Waals surface area contributed by atoms with E-state index in [-0.39, 0.29) is 29.6 Å². The summed E-state index contributed by atoms with van der Waals surface area (Å²) in [6.45, 7) is 0.541. The molecule has 1 saturated heterocycles. The molecule has 1 N–H and O–H groups in total. The topological polar surface area (TPSA) is 58.6 Å². The van der Waals surface area contributed by atoms with Crippen molar-refractivity contribution in [3.63, 3.8) is 0 Å². The van der Waals surface area contributed by atoms with Crippen molar-refractivity contribution in [1.82, 2.24) is 10.2 Å². The molecule has 6 heteroatoms. The van der Waals surface area contributed by atoms with Crippen molar-refractivity contribution < 1.29 is 18.7 Å². The van der Waals surface area contributed by atoms with E-state index in [1.807, 2.05) is 24.3 Å². The van der Waals surface area contributed by atoms with Crippen LogP contribution >= 0.6 is 0 Å². The molecule has 1 fully saturated rings. The number of likely N-dealkylation sites (tertiary alicyclic amines) is 1. The Morgan fingerprint density at radius 1 is 1.17 bits per heavy atom. The third-order valence-electron chi connectivity index (χ3n) is 5.51. The largest absolute Gasteiger partial charge is 0.497 e. The summed E-state index contributed by atoms with van der Waals surface area (Å²) in [6, 6.07) is 13.6. The zero-order chi connectivity index (χ0) is 20.8. The monoisotopic (exact) mass is 398 g/mol. The van der Waals surface area contributed by atoms with Crippen LogP contribution in [0.5, 0.6) is 5.75 Å². The minimum absolute atomic E-state index is 0.0377. The first-order valence-corrected chi connectivity index (χ1v) is 9.91. The average Bonchev–Trinajstić information content (AvgIpc) is 2.74. The number of hydrogen-bond acceptors (Lipinski definition) is 3. The van der Waals surface area contributed by atoms with Gasteiger partial charge in [0.2, 0.25) is 11.8 Å². The maximum absolute atomic E-state index is 13.0. The maximum Gasteiger partial charge on any atom is 0.225 e. The van der Waals surface area contributed by atoms with Crippen LogP contribution in [0.15, 0.2) is 48.5 Å². The first-order valence-electron chi connectivity index (χ1n) is 9.91. The lowest BCUT2D eigenvalue weighted by molar-refractivity contribution is -0.141. The van der Waals surface area contributed by atoms with E-state index in [1.165, 1.54) is 12.1 Å². The molecule has 0 spiro atoms. The molecule has 0 aliphatic carbocycles. The molecular formula is C23H27FN2O3. The second-order valence-electron chi connectivity index (χ2n) is 7.39. The van der Waals surface area contributed by atoms with Gasteiger partial charge in [-0.2, -0.15) is 0 Å². The zero-order valence-corrected chi connectivity index (χ0v) is 16.9. The minimum atomic E-state index is -0.295. The molecule has 0 saturated carbocycles. The number of amides is 2. The van der Waals surface area contributed by atoms with Crippen molar-refractivity contribution in [1.29, 1.82) is 0 Å². The predicted octanol–water partition coefficient (Wildman–Crippen LogP) is 3.49. The number of rotatable bonds is 7. The summed E-state index contributed by atoms with van der Waals surface area (Å²) < 4.78 is 18.2. The number of hydrogen-bond donors (Lipinski definition) is 1. The Morgan fingerprint density at radius 3 is 2.52 bits per heavy atom. The predicted molar refractivity (Wildman–Crippen MR) is 109 cm³/mol. The van der Waals surface area contributed by atoms with Crippen LogP contribution in [0.1, 0.15) is 36.4 Å². The van der Waals surface area contributed by atoms with Gasteiger partial charge in [-0.3, -0.25) is 9.59 Å². The lowest BCUT2D eigenvalue weighted by atomic mass is 9.84. The van der Waals surface area contributed by atoms with Crippen LogP contribution in [0.3, 0.4) is 0 Å².